The molecule has 1 heterocycles. The summed E-state index contributed by atoms with van der Waals surface area (Å²) in [5.41, 5.74) is 1.24. The van der Waals surface area contributed by atoms with Crippen molar-refractivity contribution in [1.29, 1.82) is 0 Å². The second-order valence-electron chi connectivity index (χ2n) is 5.68. The van der Waals surface area contributed by atoms with Crippen LogP contribution < -0.4 is 10.1 Å². The summed E-state index contributed by atoms with van der Waals surface area (Å²) in [6.45, 7) is 0.653. The van der Waals surface area contributed by atoms with Crippen molar-refractivity contribution in [1.82, 2.24) is 4.90 Å². The summed E-state index contributed by atoms with van der Waals surface area (Å²) in [5, 5.41) is 2.67. The van der Waals surface area contributed by atoms with Crippen molar-refractivity contribution in [2.45, 2.75) is 18.9 Å². The maximum absolute atomic E-state index is 13.9. The van der Waals surface area contributed by atoms with Crippen molar-refractivity contribution in [3.05, 3.63) is 58.3 Å². The molecule has 3 rings (SSSR count). The number of nitrogens with zero attached hydrogens (tertiary/aromatic N) is 1. The number of anilines is 1. The predicted octanol–water partition coefficient (Wildman–Crippen LogP) is 4.97. The molecule has 126 valence electrons. The Morgan fingerprint density at radius 2 is 2.04 bits per heavy atom. The lowest BCUT2D eigenvalue weighted by Crippen LogP contribution is -2.34. The summed E-state index contributed by atoms with van der Waals surface area (Å²) < 4.78 is 19.7. The molecule has 4 nitrogen and oxygen atoms in total. The van der Waals surface area contributed by atoms with Gasteiger partial charge in [0.15, 0.2) is 0 Å². The Hall–Kier alpha value is -2.08. The molecule has 0 radical (unpaired) electrons. The van der Waals surface area contributed by atoms with Gasteiger partial charge in [-0.1, -0.05) is 28.1 Å². The highest BCUT2D eigenvalue weighted by Gasteiger charge is 2.30. The van der Waals surface area contributed by atoms with Crippen LogP contribution in [0.2, 0.25) is 0 Å². The van der Waals surface area contributed by atoms with Gasteiger partial charge in [0.05, 0.1) is 18.8 Å². The number of ether oxygens (including phenoxy) is 1. The van der Waals surface area contributed by atoms with Crippen LogP contribution in [-0.2, 0) is 0 Å². The molecule has 0 aromatic heterocycles. The summed E-state index contributed by atoms with van der Waals surface area (Å²) in [6.07, 6.45) is 1.81. The molecule has 1 saturated heterocycles. The fourth-order valence-corrected chi connectivity index (χ4v) is 3.29. The zero-order valence-electron chi connectivity index (χ0n) is 13.3. The van der Waals surface area contributed by atoms with E-state index in [2.05, 4.69) is 21.2 Å². The van der Waals surface area contributed by atoms with Crippen molar-refractivity contribution < 1.29 is 13.9 Å². The Balaban J connectivity index is 1.75. The van der Waals surface area contributed by atoms with Crippen LogP contribution in [0.3, 0.4) is 0 Å². The Labute approximate surface area is 148 Å². The molecule has 1 aliphatic rings. The molecule has 1 aliphatic heterocycles. The van der Waals surface area contributed by atoms with E-state index in [1.165, 1.54) is 6.07 Å². The summed E-state index contributed by atoms with van der Waals surface area (Å²) >= 11 is 3.21. The Morgan fingerprint density at radius 1 is 1.29 bits per heavy atom. The zero-order chi connectivity index (χ0) is 17.1. The first-order valence-electron chi connectivity index (χ1n) is 7.75. The quantitative estimate of drug-likeness (QED) is 0.801. The normalized spacial score (nSPS) is 17.0. The highest BCUT2D eigenvalue weighted by atomic mass is 79.9. The van der Waals surface area contributed by atoms with Gasteiger partial charge < -0.3 is 15.0 Å². The van der Waals surface area contributed by atoms with Gasteiger partial charge in [0.25, 0.3) is 0 Å². The highest BCUT2D eigenvalue weighted by molar-refractivity contribution is 9.10. The molecule has 0 unspecified atom stereocenters. The van der Waals surface area contributed by atoms with Crippen molar-refractivity contribution in [2.24, 2.45) is 0 Å². The van der Waals surface area contributed by atoms with Crippen molar-refractivity contribution >= 4 is 27.6 Å². The van der Waals surface area contributed by atoms with Gasteiger partial charge in [0.1, 0.15) is 11.6 Å². The number of hydrogen-bond donors (Lipinski definition) is 1. The number of rotatable bonds is 3. The van der Waals surface area contributed by atoms with Gasteiger partial charge in [0.2, 0.25) is 0 Å². The van der Waals surface area contributed by atoms with E-state index in [-0.39, 0.29) is 17.8 Å². The first kappa shape index (κ1) is 16.8. The van der Waals surface area contributed by atoms with Crippen LogP contribution >= 0.6 is 15.9 Å². The average Bonchev–Trinajstić information content (AvgIpc) is 3.07. The minimum Gasteiger partial charge on any atom is -0.497 e. The monoisotopic (exact) mass is 392 g/mol. The fourth-order valence-electron chi connectivity index (χ4n) is 2.96. The maximum Gasteiger partial charge on any atom is 0.322 e. The van der Waals surface area contributed by atoms with Crippen molar-refractivity contribution in [2.75, 3.05) is 19.0 Å². The molecular formula is C18H18BrFN2O2. The number of halogens is 2. The molecule has 1 atom stereocenters. The molecule has 2 aromatic carbocycles. The van der Waals surface area contributed by atoms with Crippen LogP contribution in [0.4, 0.5) is 14.9 Å². The third kappa shape index (κ3) is 3.53. The van der Waals surface area contributed by atoms with E-state index in [1.807, 2.05) is 24.3 Å². The van der Waals surface area contributed by atoms with Crippen LogP contribution in [0, 0.1) is 5.82 Å². The van der Waals surface area contributed by atoms with Gasteiger partial charge in [0, 0.05) is 11.0 Å². The fraction of sp³-hybridized carbons (Fsp3) is 0.278. The molecular weight excluding hydrogens is 375 g/mol. The molecule has 6 heteroatoms. The summed E-state index contributed by atoms with van der Waals surface area (Å²) in [6, 6.07) is 12.0. The van der Waals surface area contributed by atoms with Gasteiger partial charge in [-0.25, -0.2) is 9.18 Å². The van der Waals surface area contributed by atoms with E-state index < -0.39 is 5.82 Å². The maximum atomic E-state index is 13.9. The minimum atomic E-state index is -0.460. The van der Waals surface area contributed by atoms with Crippen molar-refractivity contribution in [3.63, 3.8) is 0 Å². The summed E-state index contributed by atoms with van der Waals surface area (Å²) in [5.74, 6) is 0.322. The van der Waals surface area contributed by atoms with E-state index in [4.69, 9.17) is 4.74 Å². The molecule has 0 saturated carbocycles. The minimum absolute atomic E-state index is 0.00517. The Morgan fingerprint density at radius 3 is 2.71 bits per heavy atom. The van der Waals surface area contributed by atoms with Crippen molar-refractivity contribution in [3.8, 4) is 5.75 Å². The summed E-state index contributed by atoms with van der Waals surface area (Å²) in [7, 11) is 1.62. The van der Waals surface area contributed by atoms with Crippen LogP contribution in [-0.4, -0.2) is 24.6 Å². The molecule has 2 aromatic rings. The summed E-state index contributed by atoms with van der Waals surface area (Å²) in [4.78, 5) is 14.3. The van der Waals surface area contributed by atoms with E-state index in [9.17, 15) is 9.18 Å². The molecule has 2 amide bonds. The van der Waals surface area contributed by atoms with Crippen LogP contribution in [0.25, 0.3) is 0 Å². The van der Waals surface area contributed by atoms with Crippen LogP contribution in [0.1, 0.15) is 24.4 Å². The third-order valence-corrected chi connectivity index (χ3v) is 4.68. The number of urea groups is 1. The number of hydrogen-bond acceptors (Lipinski definition) is 2. The zero-order valence-corrected chi connectivity index (χ0v) is 14.8. The largest absolute Gasteiger partial charge is 0.497 e. The molecule has 1 fully saturated rings. The van der Waals surface area contributed by atoms with Gasteiger partial charge in [-0.3, -0.25) is 0 Å². The molecule has 0 aliphatic carbocycles. The molecule has 0 bridgehead atoms. The van der Waals surface area contributed by atoms with Gasteiger partial charge in [-0.2, -0.15) is 0 Å². The Bertz CT molecular complexity index is 736. The number of carbonyl (C=O) groups is 1. The van der Waals surface area contributed by atoms with E-state index in [0.29, 0.717) is 11.0 Å². The standard InChI is InChI=1S/C18H18BrFN2O2/c1-24-14-7-4-12(5-8-14)17-3-2-10-22(17)18(23)21-16-9-6-13(19)11-15(16)20/h4-9,11,17H,2-3,10H2,1H3,(H,21,23)/t17-/m1/s1. The lowest BCUT2D eigenvalue weighted by Gasteiger charge is -2.25. The predicted molar refractivity (Wildman–Crippen MR) is 94.8 cm³/mol. The highest BCUT2D eigenvalue weighted by Crippen LogP contribution is 2.33. The lowest BCUT2D eigenvalue weighted by atomic mass is 10.0. The number of benzene rings is 2. The number of carbonyl (C=O) groups excluding carboxylic acids is 1. The van der Waals surface area contributed by atoms with Crippen LogP contribution in [0.5, 0.6) is 5.75 Å². The molecule has 1 N–H and O–H groups in total. The van der Waals surface area contributed by atoms with E-state index in [1.54, 1.807) is 24.1 Å². The topological polar surface area (TPSA) is 41.6 Å². The third-order valence-electron chi connectivity index (χ3n) is 4.19. The van der Waals surface area contributed by atoms with E-state index in [0.717, 1.165) is 24.2 Å². The number of amides is 2. The second-order valence-corrected chi connectivity index (χ2v) is 6.59. The molecule has 0 spiro atoms. The van der Waals surface area contributed by atoms with Gasteiger partial charge in [-0.05, 0) is 48.7 Å². The molecule has 24 heavy (non-hydrogen) atoms. The number of likely N-dealkylation sites (tertiary alicyclic amines) is 1. The number of methoxy groups -OCH3 is 1. The average molecular weight is 393 g/mol. The first-order chi connectivity index (χ1) is 11.6. The second kappa shape index (κ2) is 7.21. The SMILES string of the molecule is COc1ccc([C@H]2CCCN2C(=O)Nc2ccc(Br)cc2F)cc1. The lowest BCUT2D eigenvalue weighted by molar-refractivity contribution is 0.207. The number of nitrogens with one attached hydrogen (secondary N) is 1. The van der Waals surface area contributed by atoms with Gasteiger partial charge >= 0.3 is 6.03 Å². The smallest absolute Gasteiger partial charge is 0.322 e. The first-order valence-corrected chi connectivity index (χ1v) is 8.54. The van der Waals surface area contributed by atoms with Gasteiger partial charge in [-0.15, -0.1) is 0 Å². The van der Waals surface area contributed by atoms with E-state index >= 15 is 0 Å². The Kier molecular flexibility index (Phi) is 5.04. The van der Waals surface area contributed by atoms with Crippen LogP contribution in [0.15, 0.2) is 46.9 Å².